The molecule has 1 saturated heterocycles. The summed E-state index contributed by atoms with van der Waals surface area (Å²) in [5.74, 6) is -1.48. The zero-order chi connectivity index (χ0) is 15.5. The summed E-state index contributed by atoms with van der Waals surface area (Å²) in [6, 6.07) is 7.23. The van der Waals surface area contributed by atoms with Crippen LogP contribution in [0.2, 0.25) is 0 Å². The first-order valence-corrected chi connectivity index (χ1v) is 6.82. The van der Waals surface area contributed by atoms with Crippen LogP contribution in [0.5, 0.6) is 0 Å². The summed E-state index contributed by atoms with van der Waals surface area (Å²) in [5, 5.41) is 0. The van der Waals surface area contributed by atoms with Gasteiger partial charge in [-0.15, -0.1) is 4.48 Å². The molecule has 1 aliphatic heterocycles. The molecule has 0 spiro atoms. The highest BCUT2D eigenvalue weighted by Gasteiger charge is 2.16. The number of anilines is 3. The number of nitrogens with two attached hydrogens (primary N) is 1. The van der Waals surface area contributed by atoms with E-state index >= 15 is 0 Å². The lowest BCUT2D eigenvalue weighted by Crippen LogP contribution is -2.36. The van der Waals surface area contributed by atoms with Crippen molar-refractivity contribution in [2.45, 2.75) is 0 Å². The molecule has 6 nitrogen and oxygen atoms in total. The number of ether oxygens (including phenoxy) is 1. The summed E-state index contributed by atoms with van der Waals surface area (Å²) < 4.78 is 31.5. The third-order valence-electron chi connectivity index (χ3n) is 3.51. The van der Waals surface area contributed by atoms with Gasteiger partial charge in [-0.1, -0.05) is 12.1 Å². The molecule has 0 radical (unpaired) electrons. The van der Waals surface area contributed by atoms with Gasteiger partial charge in [-0.2, -0.15) is 19.9 Å². The van der Waals surface area contributed by atoms with Crippen LogP contribution in [-0.2, 0) is 4.74 Å². The first-order chi connectivity index (χ1) is 10.7. The number of rotatable bonds is 3. The second-order valence-corrected chi connectivity index (χ2v) is 4.84. The minimum atomic E-state index is -0.869. The number of benzene rings is 1. The normalized spacial score (nSPS) is 14.9. The molecule has 1 aromatic heterocycles. The number of nitrogen functional groups attached to an aromatic ring is 1. The second kappa shape index (κ2) is 6.10. The number of nitrogens with one attached hydrogen (secondary N) is 1. The molecule has 0 atom stereocenters. The molecule has 3 N–H and O–H groups in total. The van der Waals surface area contributed by atoms with Gasteiger partial charge in [-0.25, -0.2) is 0 Å². The average Bonchev–Trinajstić information content (AvgIpc) is 2.55. The van der Waals surface area contributed by atoms with E-state index in [9.17, 15) is 8.87 Å². The molecule has 0 aliphatic carbocycles. The smallest absolute Gasteiger partial charge is 0.256 e. The fourth-order valence-corrected chi connectivity index (χ4v) is 2.42. The second-order valence-electron chi connectivity index (χ2n) is 4.84. The van der Waals surface area contributed by atoms with Crippen molar-refractivity contribution in [3.8, 4) is 11.1 Å². The monoisotopic (exact) mass is 307 g/mol. The van der Waals surface area contributed by atoms with Crippen LogP contribution < -0.4 is 16.2 Å². The van der Waals surface area contributed by atoms with Crippen molar-refractivity contribution in [2.75, 3.05) is 42.5 Å². The van der Waals surface area contributed by atoms with Crippen molar-refractivity contribution in [2.24, 2.45) is 0 Å². The van der Waals surface area contributed by atoms with E-state index in [1.165, 1.54) is 5.54 Å². The van der Waals surface area contributed by atoms with Gasteiger partial charge in [-0.05, 0) is 17.7 Å². The molecule has 8 heteroatoms. The van der Waals surface area contributed by atoms with E-state index in [-0.39, 0.29) is 11.4 Å². The van der Waals surface area contributed by atoms with Crippen molar-refractivity contribution in [3.63, 3.8) is 0 Å². The Morgan fingerprint density at radius 2 is 1.82 bits per heavy atom. The van der Waals surface area contributed by atoms with Gasteiger partial charge in [0.2, 0.25) is 5.95 Å². The van der Waals surface area contributed by atoms with Gasteiger partial charge in [0.15, 0.2) is 0 Å². The molecule has 22 heavy (non-hydrogen) atoms. The van der Waals surface area contributed by atoms with Crippen molar-refractivity contribution < 1.29 is 13.6 Å². The molecular formula is C14H15F2N5O. The molecule has 0 amide bonds. The third kappa shape index (κ3) is 2.77. The zero-order valence-electron chi connectivity index (χ0n) is 11.7. The summed E-state index contributed by atoms with van der Waals surface area (Å²) in [6.07, 6.45) is 0. The Kier molecular flexibility index (Phi) is 4.01. The topological polar surface area (TPSA) is 76.3 Å². The van der Waals surface area contributed by atoms with Crippen molar-refractivity contribution in [3.05, 3.63) is 30.2 Å². The Morgan fingerprint density at radius 3 is 2.41 bits per heavy atom. The van der Waals surface area contributed by atoms with Gasteiger partial charge >= 0.3 is 0 Å². The number of nitrogens with zero attached hydrogens (tertiary/aromatic N) is 3. The van der Waals surface area contributed by atoms with Crippen LogP contribution in [0.25, 0.3) is 11.1 Å². The average molecular weight is 307 g/mol. The molecule has 1 aromatic carbocycles. The number of hydrogen-bond acceptors (Lipinski definition) is 6. The largest absolute Gasteiger partial charge is 0.383 e. The summed E-state index contributed by atoms with van der Waals surface area (Å²) in [7, 11) is 0. The van der Waals surface area contributed by atoms with E-state index in [1.807, 2.05) is 12.1 Å². The molecule has 1 fully saturated rings. The summed E-state index contributed by atoms with van der Waals surface area (Å²) in [4.78, 5) is 9.21. The quantitative estimate of drug-likeness (QED) is 0.667. The molecule has 0 bridgehead atoms. The Hall–Kier alpha value is -2.48. The van der Waals surface area contributed by atoms with Crippen molar-refractivity contribution in [1.29, 1.82) is 0 Å². The molecule has 3 rings (SSSR count). The van der Waals surface area contributed by atoms with E-state index in [4.69, 9.17) is 10.5 Å². The molecule has 2 aromatic rings. The summed E-state index contributed by atoms with van der Waals surface area (Å²) in [6.45, 7) is 3.01. The van der Waals surface area contributed by atoms with Gasteiger partial charge in [0.05, 0.1) is 18.8 Å². The lowest BCUT2D eigenvalue weighted by Gasteiger charge is -2.28. The highest BCUT2D eigenvalue weighted by Crippen LogP contribution is 2.29. The summed E-state index contributed by atoms with van der Waals surface area (Å²) in [5.41, 5.74) is 8.49. The van der Waals surface area contributed by atoms with Crippen LogP contribution >= 0.6 is 0 Å². The van der Waals surface area contributed by atoms with Gasteiger partial charge in [0.25, 0.3) is 5.95 Å². The highest BCUT2D eigenvalue weighted by molar-refractivity contribution is 5.75. The van der Waals surface area contributed by atoms with E-state index in [1.54, 1.807) is 12.1 Å². The standard InChI is InChI=1S/C14H15F2N5O/c15-12-11(13(17)19-14(18-12)20-16)9-1-3-10(4-2-9)21-5-7-22-8-6-21/h1-4H,5-8H2,(H3,17,18,19,20). The SMILES string of the molecule is Nc1nc(NF)nc(F)c1-c1ccc(N2CCOCC2)cc1. The fraction of sp³-hybridized carbons (Fsp3) is 0.286. The van der Waals surface area contributed by atoms with Crippen molar-refractivity contribution >= 4 is 17.5 Å². The summed E-state index contributed by atoms with van der Waals surface area (Å²) >= 11 is 0. The molecule has 1 aliphatic rings. The van der Waals surface area contributed by atoms with Crippen LogP contribution in [0.15, 0.2) is 24.3 Å². The molecular weight excluding hydrogens is 292 g/mol. The number of hydrogen-bond donors (Lipinski definition) is 2. The zero-order valence-corrected chi connectivity index (χ0v) is 11.7. The van der Waals surface area contributed by atoms with Crippen LogP contribution in [0.1, 0.15) is 0 Å². The van der Waals surface area contributed by atoms with Gasteiger partial charge in [-0.3, -0.25) is 0 Å². The van der Waals surface area contributed by atoms with Gasteiger partial charge in [0, 0.05) is 18.8 Å². The lowest BCUT2D eigenvalue weighted by molar-refractivity contribution is 0.122. The van der Waals surface area contributed by atoms with E-state index in [0.29, 0.717) is 18.8 Å². The molecule has 116 valence electrons. The van der Waals surface area contributed by atoms with Crippen LogP contribution in [0.4, 0.5) is 26.3 Å². The van der Waals surface area contributed by atoms with E-state index in [2.05, 4.69) is 14.9 Å². The highest BCUT2D eigenvalue weighted by atomic mass is 19.2. The Labute approximate surface area is 125 Å². The van der Waals surface area contributed by atoms with E-state index < -0.39 is 11.9 Å². The van der Waals surface area contributed by atoms with Crippen LogP contribution in [0.3, 0.4) is 0 Å². The number of aromatic nitrogens is 2. The minimum absolute atomic E-state index is 0.0625. The van der Waals surface area contributed by atoms with Gasteiger partial charge < -0.3 is 15.4 Å². The lowest BCUT2D eigenvalue weighted by atomic mass is 10.1. The number of halogens is 2. The fourth-order valence-electron chi connectivity index (χ4n) is 2.42. The van der Waals surface area contributed by atoms with Gasteiger partial charge in [0.1, 0.15) is 5.82 Å². The third-order valence-corrected chi connectivity index (χ3v) is 3.51. The predicted molar refractivity (Wildman–Crippen MR) is 79.6 cm³/mol. The predicted octanol–water partition coefficient (Wildman–Crippen LogP) is 2.00. The Morgan fingerprint density at radius 1 is 1.14 bits per heavy atom. The molecule has 0 saturated carbocycles. The Bertz CT molecular complexity index is 636. The maximum absolute atomic E-state index is 14.0. The molecule has 2 heterocycles. The minimum Gasteiger partial charge on any atom is -0.383 e. The van der Waals surface area contributed by atoms with Crippen LogP contribution in [-0.4, -0.2) is 36.3 Å². The first kappa shape index (κ1) is 14.5. The maximum Gasteiger partial charge on any atom is 0.256 e. The maximum atomic E-state index is 14.0. The van der Waals surface area contributed by atoms with Crippen LogP contribution in [0, 0.1) is 5.95 Å². The van der Waals surface area contributed by atoms with E-state index in [0.717, 1.165) is 18.8 Å². The number of morpholine rings is 1. The first-order valence-electron chi connectivity index (χ1n) is 6.82. The van der Waals surface area contributed by atoms with Crippen molar-refractivity contribution in [1.82, 2.24) is 9.97 Å². The Balaban J connectivity index is 1.89. The molecule has 0 unspecified atom stereocenters.